The Bertz CT molecular complexity index is 529. The molecule has 1 unspecified atom stereocenters. The van der Waals surface area contributed by atoms with Crippen LogP contribution in [0.4, 0.5) is 0 Å². The number of amides is 1. The zero-order valence-electron chi connectivity index (χ0n) is 11.3. The van der Waals surface area contributed by atoms with Crippen LogP contribution in [0.2, 0.25) is 0 Å². The molecule has 0 heterocycles. The zero-order valence-corrected chi connectivity index (χ0v) is 11.3. The summed E-state index contributed by atoms with van der Waals surface area (Å²) in [7, 11) is 1.70. The van der Waals surface area contributed by atoms with Crippen molar-refractivity contribution in [3.8, 4) is 6.07 Å². The summed E-state index contributed by atoms with van der Waals surface area (Å²) in [5.74, 6) is 0.249. The number of benzene rings is 1. The largest absolute Gasteiger partial charge is 0.391 e. The topological polar surface area (TPSA) is 64.3 Å². The van der Waals surface area contributed by atoms with Crippen molar-refractivity contribution in [2.75, 3.05) is 13.6 Å². The second-order valence-corrected chi connectivity index (χ2v) is 5.23. The lowest BCUT2D eigenvalue weighted by Crippen LogP contribution is -2.35. The Morgan fingerprint density at radius 1 is 1.58 bits per heavy atom. The van der Waals surface area contributed by atoms with E-state index in [-0.39, 0.29) is 5.91 Å². The van der Waals surface area contributed by atoms with E-state index in [2.05, 4.69) is 6.07 Å². The summed E-state index contributed by atoms with van der Waals surface area (Å²) >= 11 is 0. The smallest absolute Gasteiger partial charge is 0.253 e. The van der Waals surface area contributed by atoms with Crippen molar-refractivity contribution in [1.29, 1.82) is 5.26 Å². The van der Waals surface area contributed by atoms with Crippen LogP contribution in [0.15, 0.2) is 18.2 Å². The molecule has 1 amide bonds. The molecule has 1 aromatic rings. The van der Waals surface area contributed by atoms with Crippen LogP contribution in [0.1, 0.15) is 34.3 Å². The molecule has 1 aliphatic carbocycles. The van der Waals surface area contributed by atoms with Crippen molar-refractivity contribution in [2.24, 2.45) is 5.92 Å². The van der Waals surface area contributed by atoms with Gasteiger partial charge in [-0.1, -0.05) is 0 Å². The van der Waals surface area contributed by atoms with Crippen LogP contribution < -0.4 is 0 Å². The third-order valence-corrected chi connectivity index (χ3v) is 3.56. The van der Waals surface area contributed by atoms with Gasteiger partial charge in [-0.3, -0.25) is 4.79 Å². The summed E-state index contributed by atoms with van der Waals surface area (Å²) in [6.07, 6.45) is 1.69. The summed E-state index contributed by atoms with van der Waals surface area (Å²) in [5, 5.41) is 18.7. The minimum absolute atomic E-state index is 0.110. The minimum atomic E-state index is -0.423. The molecule has 1 aliphatic rings. The lowest BCUT2D eigenvalue weighted by molar-refractivity contribution is 0.0644. The fraction of sp³-hybridized carbons (Fsp3) is 0.467. The number of hydrogen-bond donors (Lipinski definition) is 1. The summed E-state index contributed by atoms with van der Waals surface area (Å²) in [4.78, 5) is 13.8. The molecule has 1 fully saturated rings. The first-order valence-corrected chi connectivity index (χ1v) is 6.47. The van der Waals surface area contributed by atoms with E-state index >= 15 is 0 Å². The molecule has 0 saturated heterocycles. The van der Waals surface area contributed by atoms with Gasteiger partial charge in [0.25, 0.3) is 5.91 Å². The van der Waals surface area contributed by atoms with Crippen LogP contribution >= 0.6 is 0 Å². The Labute approximate surface area is 113 Å². The highest BCUT2D eigenvalue weighted by Gasteiger charge is 2.31. The Morgan fingerprint density at radius 3 is 2.79 bits per heavy atom. The van der Waals surface area contributed by atoms with E-state index in [0.717, 1.165) is 18.4 Å². The number of hydrogen-bond acceptors (Lipinski definition) is 3. The van der Waals surface area contributed by atoms with Gasteiger partial charge in [0.1, 0.15) is 0 Å². The molecule has 1 aromatic carbocycles. The van der Waals surface area contributed by atoms with Crippen LogP contribution in [0.5, 0.6) is 0 Å². The number of likely N-dealkylation sites (N-methyl/N-ethyl adjacent to an activating group) is 1. The molecule has 0 aliphatic heterocycles. The van der Waals surface area contributed by atoms with E-state index in [1.54, 1.807) is 30.1 Å². The predicted molar refractivity (Wildman–Crippen MR) is 71.6 cm³/mol. The normalized spacial score (nSPS) is 15.7. The van der Waals surface area contributed by atoms with Gasteiger partial charge in [-0.05, 0) is 49.4 Å². The van der Waals surface area contributed by atoms with Crippen molar-refractivity contribution >= 4 is 5.91 Å². The summed E-state index contributed by atoms with van der Waals surface area (Å²) in [6.45, 7) is 2.18. The second kappa shape index (κ2) is 5.41. The number of carbonyl (C=O) groups is 1. The molecule has 2 rings (SSSR count). The Morgan fingerprint density at radius 2 is 2.26 bits per heavy atom. The minimum Gasteiger partial charge on any atom is -0.391 e. The number of aliphatic hydroxyl groups is 1. The van der Waals surface area contributed by atoms with Gasteiger partial charge in [-0.2, -0.15) is 5.26 Å². The highest BCUT2D eigenvalue weighted by molar-refractivity contribution is 5.95. The molecule has 1 atom stereocenters. The van der Waals surface area contributed by atoms with Gasteiger partial charge in [-0.25, -0.2) is 0 Å². The number of nitriles is 1. The Balaban J connectivity index is 2.08. The number of rotatable bonds is 4. The third-order valence-electron chi connectivity index (χ3n) is 3.56. The highest BCUT2D eigenvalue weighted by atomic mass is 16.3. The number of nitrogens with zero attached hydrogens (tertiary/aromatic N) is 2. The first-order chi connectivity index (χ1) is 9.02. The molecule has 0 bridgehead atoms. The first kappa shape index (κ1) is 13.6. The van der Waals surface area contributed by atoms with E-state index in [4.69, 9.17) is 5.26 Å². The fourth-order valence-corrected chi connectivity index (χ4v) is 2.17. The van der Waals surface area contributed by atoms with Crippen molar-refractivity contribution in [3.63, 3.8) is 0 Å². The van der Waals surface area contributed by atoms with Crippen molar-refractivity contribution in [1.82, 2.24) is 4.90 Å². The number of aryl methyl sites for hydroxylation is 1. The van der Waals surface area contributed by atoms with Crippen molar-refractivity contribution < 1.29 is 9.90 Å². The van der Waals surface area contributed by atoms with E-state index in [1.807, 2.05) is 6.92 Å². The van der Waals surface area contributed by atoms with Gasteiger partial charge >= 0.3 is 0 Å². The predicted octanol–water partition coefficient (Wildman–Crippen LogP) is 1.71. The highest BCUT2D eigenvalue weighted by Crippen LogP contribution is 2.32. The molecule has 0 radical (unpaired) electrons. The number of aliphatic hydroxyl groups excluding tert-OH is 1. The van der Waals surface area contributed by atoms with E-state index in [1.165, 1.54) is 0 Å². The molecule has 4 nitrogen and oxygen atoms in total. The molecule has 1 saturated carbocycles. The lowest BCUT2D eigenvalue weighted by Gasteiger charge is -2.21. The van der Waals surface area contributed by atoms with Crippen LogP contribution in [-0.4, -0.2) is 35.6 Å². The second-order valence-electron chi connectivity index (χ2n) is 5.23. The third kappa shape index (κ3) is 3.12. The first-order valence-electron chi connectivity index (χ1n) is 6.47. The number of carbonyl (C=O) groups excluding carboxylic acids is 1. The maximum Gasteiger partial charge on any atom is 0.253 e. The van der Waals surface area contributed by atoms with Crippen LogP contribution in [-0.2, 0) is 0 Å². The molecule has 4 heteroatoms. The van der Waals surface area contributed by atoms with Crippen LogP contribution in [0, 0.1) is 24.2 Å². The maximum atomic E-state index is 12.3. The monoisotopic (exact) mass is 258 g/mol. The average Bonchev–Trinajstić information content (AvgIpc) is 3.21. The quantitative estimate of drug-likeness (QED) is 0.894. The Kier molecular flexibility index (Phi) is 3.87. The summed E-state index contributed by atoms with van der Waals surface area (Å²) in [5.41, 5.74) is 1.93. The maximum absolute atomic E-state index is 12.3. The standard InChI is InChI=1S/C15H18N2O2/c1-10-7-11(8-16)3-6-13(10)15(19)17(2)9-14(18)12-4-5-12/h3,6-7,12,14,18H,4-5,9H2,1-2H3. The Hall–Kier alpha value is -1.86. The fourth-order valence-electron chi connectivity index (χ4n) is 2.17. The van der Waals surface area contributed by atoms with Gasteiger partial charge in [0.2, 0.25) is 0 Å². The van der Waals surface area contributed by atoms with Gasteiger partial charge in [0.05, 0.1) is 17.7 Å². The molecular weight excluding hydrogens is 240 g/mol. The average molecular weight is 258 g/mol. The molecule has 100 valence electrons. The van der Waals surface area contributed by atoms with Crippen molar-refractivity contribution in [3.05, 3.63) is 34.9 Å². The molecule has 19 heavy (non-hydrogen) atoms. The molecule has 0 spiro atoms. The van der Waals surface area contributed by atoms with Gasteiger partial charge < -0.3 is 10.0 Å². The van der Waals surface area contributed by atoms with Gasteiger partial charge in [-0.15, -0.1) is 0 Å². The van der Waals surface area contributed by atoms with E-state index in [9.17, 15) is 9.90 Å². The zero-order chi connectivity index (χ0) is 14.0. The van der Waals surface area contributed by atoms with Gasteiger partial charge in [0.15, 0.2) is 0 Å². The lowest BCUT2D eigenvalue weighted by atomic mass is 10.0. The summed E-state index contributed by atoms with van der Waals surface area (Å²) in [6, 6.07) is 7.08. The van der Waals surface area contributed by atoms with Crippen molar-refractivity contribution in [2.45, 2.75) is 25.9 Å². The molecule has 0 aromatic heterocycles. The summed E-state index contributed by atoms with van der Waals surface area (Å²) < 4.78 is 0. The van der Waals surface area contributed by atoms with Crippen LogP contribution in [0.25, 0.3) is 0 Å². The molecule has 1 N–H and O–H groups in total. The van der Waals surface area contributed by atoms with E-state index in [0.29, 0.717) is 23.6 Å². The SMILES string of the molecule is Cc1cc(C#N)ccc1C(=O)N(C)CC(O)C1CC1. The molecular formula is C15H18N2O2. The van der Waals surface area contributed by atoms with Crippen LogP contribution in [0.3, 0.4) is 0 Å². The van der Waals surface area contributed by atoms with E-state index < -0.39 is 6.10 Å². The van der Waals surface area contributed by atoms with Gasteiger partial charge in [0, 0.05) is 19.2 Å².